The predicted molar refractivity (Wildman–Crippen MR) is 58.1 cm³/mol. The molecular formula is C8H8N4O2S. The highest BCUT2D eigenvalue weighted by Gasteiger charge is 2.08. The molecule has 0 amide bonds. The van der Waals surface area contributed by atoms with Gasteiger partial charge in [0.25, 0.3) is 0 Å². The maximum absolute atomic E-state index is 10.4. The third-order valence-corrected chi connectivity index (χ3v) is 2.19. The first-order valence-corrected chi connectivity index (χ1v) is 4.68. The molecule has 0 aliphatic heterocycles. The third kappa shape index (κ3) is 2.99. The normalized spacial score (nSPS) is 10.8. The van der Waals surface area contributed by atoms with Crippen LogP contribution in [-0.2, 0) is 4.79 Å². The van der Waals surface area contributed by atoms with Crippen LogP contribution in [0.5, 0.6) is 0 Å². The Morgan fingerprint density at radius 3 is 3.00 bits per heavy atom. The summed E-state index contributed by atoms with van der Waals surface area (Å²) < 4.78 is 0. The molecule has 15 heavy (non-hydrogen) atoms. The molecule has 78 valence electrons. The lowest BCUT2D eigenvalue weighted by Crippen LogP contribution is -2.12. The molecule has 0 aliphatic rings. The second kappa shape index (κ2) is 5.01. The number of carbonyl (C=O) groups is 1. The highest BCUT2D eigenvalue weighted by Crippen LogP contribution is 2.14. The van der Waals surface area contributed by atoms with Crippen molar-refractivity contribution >= 4 is 35.4 Å². The average Bonchev–Trinajstić information content (AvgIpc) is 2.69. The van der Waals surface area contributed by atoms with E-state index in [0.29, 0.717) is 10.7 Å². The number of hydrogen-bond donors (Lipinski definition) is 3. The van der Waals surface area contributed by atoms with Gasteiger partial charge in [-0.3, -0.25) is 10.8 Å². The summed E-state index contributed by atoms with van der Waals surface area (Å²) in [5, 5.41) is 21.4. The van der Waals surface area contributed by atoms with Gasteiger partial charge in [0.05, 0.1) is 5.70 Å². The monoisotopic (exact) mass is 224 g/mol. The summed E-state index contributed by atoms with van der Waals surface area (Å²) in [4.78, 5) is 14.4. The molecule has 0 saturated carbocycles. The molecule has 0 atom stereocenters. The van der Waals surface area contributed by atoms with Gasteiger partial charge in [-0.05, 0) is 6.08 Å². The summed E-state index contributed by atoms with van der Waals surface area (Å²) >= 11 is 1.31. The molecule has 0 saturated heterocycles. The molecule has 0 bridgehead atoms. The van der Waals surface area contributed by atoms with E-state index in [1.165, 1.54) is 11.3 Å². The fraction of sp³-hybridized carbons (Fsp3) is 0. The molecule has 3 N–H and O–H groups in total. The second-order valence-electron chi connectivity index (χ2n) is 2.38. The maximum atomic E-state index is 10.4. The van der Waals surface area contributed by atoms with Crippen molar-refractivity contribution in [1.29, 1.82) is 5.41 Å². The first kappa shape index (κ1) is 11.1. The summed E-state index contributed by atoms with van der Waals surface area (Å²) in [5.74, 6) is -1.31. The molecule has 0 aliphatic carbocycles. The van der Waals surface area contributed by atoms with Gasteiger partial charge >= 0.3 is 5.97 Å². The van der Waals surface area contributed by atoms with Gasteiger partial charge in [0.15, 0.2) is 0 Å². The van der Waals surface area contributed by atoms with E-state index in [2.05, 4.69) is 22.2 Å². The lowest BCUT2D eigenvalue weighted by molar-refractivity contribution is -0.129. The Bertz CT molecular complexity index is 410. The lowest BCUT2D eigenvalue weighted by Gasteiger charge is -2.01. The number of hydrazone groups is 1. The average molecular weight is 224 g/mol. The van der Waals surface area contributed by atoms with Crippen LogP contribution in [0.15, 0.2) is 22.8 Å². The minimum Gasteiger partial charge on any atom is -0.477 e. The molecule has 6 nitrogen and oxygen atoms in total. The second-order valence-corrected chi connectivity index (χ2v) is 3.28. The van der Waals surface area contributed by atoms with Gasteiger partial charge in [-0.15, -0.1) is 11.3 Å². The van der Waals surface area contributed by atoms with E-state index in [1.54, 1.807) is 11.6 Å². The van der Waals surface area contributed by atoms with E-state index in [1.807, 2.05) is 0 Å². The van der Waals surface area contributed by atoms with Crippen LogP contribution in [0, 0.1) is 5.41 Å². The fourth-order valence-corrected chi connectivity index (χ4v) is 1.39. The smallest absolute Gasteiger partial charge is 0.353 e. The van der Waals surface area contributed by atoms with Gasteiger partial charge in [-0.1, -0.05) is 0 Å². The summed E-state index contributed by atoms with van der Waals surface area (Å²) in [7, 11) is 0. The van der Waals surface area contributed by atoms with Crippen molar-refractivity contribution in [2.45, 2.75) is 0 Å². The predicted octanol–water partition coefficient (Wildman–Crippen LogP) is 0.794. The summed E-state index contributed by atoms with van der Waals surface area (Å²) in [6.45, 7) is 3.22. The molecular weight excluding hydrogens is 216 g/mol. The van der Waals surface area contributed by atoms with E-state index in [-0.39, 0.29) is 0 Å². The number of rotatable bonds is 5. The van der Waals surface area contributed by atoms with Crippen LogP contribution in [0.25, 0.3) is 5.70 Å². The number of aliphatic carboxylic acids is 1. The largest absolute Gasteiger partial charge is 0.477 e. The Balaban J connectivity index is 2.97. The molecule has 0 aromatic carbocycles. The summed E-state index contributed by atoms with van der Waals surface area (Å²) in [5.41, 5.74) is 2.28. The topological polar surface area (TPSA) is 98.4 Å². The standard InChI is InChI=1S/C8H8N4O2S/c1-10-12-6(4-5(9)8(13)14)7-11-2-3-15-7/h2-4,9,12H,1H2,(H,13,14)/b6-4-,9-5?. The number of nitrogens with zero attached hydrogens (tertiary/aromatic N) is 2. The Labute approximate surface area is 89.5 Å². The van der Waals surface area contributed by atoms with E-state index in [0.717, 1.165) is 6.08 Å². The Morgan fingerprint density at radius 1 is 1.80 bits per heavy atom. The molecule has 0 radical (unpaired) electrons. The number of hydrogen-bond acceptors (Lipinski definition) is 6. The van der Waals surface area contributed by atoms with Crippen LogP contribution in [0.4, 0.5) is 0 Å². The van der Waals surface area contributed by atoms with Crippen LogP contribution in [0.2, 0.25) is 0 Å². The molecule has 1 rings (SSSR count). The zero-order chi connectivity index (χ0) is 11.3. The maximum Gasteiger partial charge on any atom is 0.353 e. The van der Waals surface area contributed by atoms with Crippen LogP contribution in [0.3, 0.4) is 0 Å². The number of aromatic nitrogens is 1. The quantitative estimate of drug-likeness (QED) is 0.508. The van der Waals surface area contributed by atoms with Crippen LogP contribution in [0.1, 0.15) is 5.01 Å². The first-order chi connectivity index (χ1) is 7.15. The van der Waals surface area contributed by atoms with Gasteiger partial charge in [0.1, 0.15) is 10.7 Å². The van der Waals surface area contributed by atoms with Gasteiger partial charge in [0.2, 0.25) is 0 Å². The Hall–Kier alpha value is -2.02. The van der Waals surface area contributed by atoms with Crippen molar-refractivity contribution in [3.63, 3.8) is 0 Å². The van der Waals surface area contributed by atoms with E-state index < -0.39 is 11.7 Å². The van der Waals surface area contributed by atoms with Crippen molar-refractivity contribution in [1.82, 2.24) is 10.4 Å². The van der Waals surface area contributed by atoms with E-state index in [9.17, 15) is 4.79 Å². The van der Waals surface area contributed by atoms with E-state index in [4.69, 9.17) is 10.5 Å². The fourth-order valence-electron chi connectivity index (χ4n) is 0.790. The lowest BCUT2D eigenvalue weighted by atomic mass is 10.3. The van der Waals surface area contributed by atoms with Gasteiger partial charge < -0.3 is 5.11 Å². The van der Waals surface area contributed by atoms with Crippen molar-refractivity contribution < 1.29 is 9.90 Å². The number of carboxylic acid groups (broad SMARTS) is 1. The molecule has 7 heteroatoms. The van der Waals surface area contributed by atoms with Gasteiger partial charge in [-0.25, -0.2) is 9.78 Å². The third-order valence-electron chi connectivity index (χ3n) is 1.38. The van der Waals surface area contributed by atoms with Crippen molar-refractivity contribution in [3.05, 3.63) is 22.7 Å². The van der Waals surface area contributed by atoms with Crippen LogP contribution in [-0.4, -0.2) is 28.5 Å². The molecule has 1 heterocycles. The van der Waals surface area contributed by atoms with Crippen molar-refractivity contribution in [2.24, 2.45) is 5.10 Å². The van der Waals surface area contributed by atoms with Gasteiger partial charge in [0, 0.05) is 18.3 Å². The SMILES string of the molecule is C=NN/C(=C\C(=N)C(=O)O)c1nccs1. The van der Waals surface area contributed by atoms with Gasteiger partial charge in [-0.2, -0.15) is 5.10 Å². The highest BCUT2D eigenvalue weighted by molar-refractivity contribution is 7.10. The van der Waals surface area contributed by atoms with Crippen LogP contribution >= 0.6 is 11.3 Å². The number of nitrogens with one attached hydrogen (secondary N) is 2. The van der Waals surface area contributed by atoms with Crippen molar-refractivity contribution in [3.8, 4) is 0 Å². The molecule has 1 aromatic heterocycles. The molecule has 1 aromatic rings. The Kier molecular flexibility index (Phi) is 3.69. The summed E-state index contributed by atoms with van der Waals surface area (Å²) in [6.07, 6.45) is 2.71. The van der Waals surface area contributed by atoms with E-state index >= 15 is 0 Å². The van der Waals surface area contributed by atoms with Crippen molar-refractivity contribution in [2.75, 3.05) is 0 Å². The number of thiazole rings is 1. The molecule has 0 spiro atoms. The Morgan fingerprint density at radius 2 is 2.53 bits per heavy atom. The zero-order valence-corrected chi connectivity index (χ0v) is 8.41. The minimum absolute atomic E-state index is 0.340. The first-order valence-electron chi connectivity index (χ1n) is 3.80. The minimum atomic E-state index is -1.31. The summed E-state index contributed by atoms with van der Waals surface area (Å²) in [6, 6.07) is 0. The zero-order valence-electron chi connectivity index (χ0n) is 7.60. The van der Waals surface area contributed by atoms with Crippen LogP contribution < -0.4 is 5.43 Å². The number of carboxylic acids is 1. The highest BCUT2D eigenvalue weighted by atomic mass is 32.1. The molecule has 0 unspecified atom stereocenters. The molecule has 0 fully saturated rings.